The third kappa shape index (κ3) is 2.99. The number of aliphatic hydroxyl groups is 1. The summed E-state index contributed by atoms with van der Waals surface area (Å²) in [5.74, 6) is 0.217. The number of hydrogen-bond donors (Lipinski definition) is 2. The zero-order chi connectivity index (χ0) is 8.97. The molecule has 1 rings (SSSR count). The molecule has 4 heteroatoms. The van der Waals surface area contributed by atoms with Gasteiger partial charge in [-0.1, -0.05) is 22.6 Å². The maximum Gasteiger partial charge on any atom is 0.144 e. The molecule has 0 radical (unpaired) electrons. The van der Waals surface area contributed by atoms with Crippen LogP contribution < -0.4 is 5.32 Å². The Hall–Kier alpha value is 0.320. The van der Waals surface area contributed by atoms with E-state index in [1.54, 1.807) is 0 Å². The molecular weight excluding hydrogens is 269 g/mol. The van der Waals surface area contributed by atoms with Gasteiger partial charge in [-0.2, -0.15) is 0 Å². The number of rotatable bonds is 3. The van der Waals surface area contributed by atoms with Crippen molar-refractivity contribution in [2.24, 2.45) is 0 Å². The molecule has 3 nitrogen and oxygen atoms in total. The number of halogens is 1. The van der Waals surface area contributed by atoms with Gasteiger partial charge in [0.15, 0.2) is 0 Å². The number of nitrogens with one attached hydrogen (secondary N) is 1. The molecule has 0 unspecified atom stereocenters. The highest BCUT2D eigenvalue weighted by Crippen LogP contribution is 2.11. The monoisotopic (exact) mass is 283 g/mol. The molecule has 1 saturated heterocycles. The van der Waals surface area contributed by atoms with Crippen LogP contribution in [0.3, 0.4) is 0 Å². The van der Waals surface area contributed by atoms with Gasteiger partial charge in [-0.05, 0) is 19.4 Å². The molecule has 1 aliphatic heterocycles. The number of aliphatic hydroxyl groups excluding tert-OH is 1. The summed E-state index contributed by atoms with van der Waals surface area (Å²) in [5, 5.41) is 12.7. The summed E-state index contributed by atoms with van der Waals surface area (Å²) < 4.78 is 0.544. The van der Waals surface area contributed by atoms with Crippen LogP contribution in [-0.2, 0) is 4.79 Å². The Bertz CT molecular complexity index is 163. The summed E-state index contributed by atoms with van der Waals surface area (Å²) in [4.78, 5) is 11.1. The van der Waals surface area contributed by atoms with Crippen LogP contribution >= 0.6 is 22.6 Å². The average molecular weight is 283 g/mol. The maximum atomic E-state index is 11.1. The highest BCUT2D eigenvalue weighted by Gasteiger charge is 2.23. The molecule has 12 heavy (non-hydrogen) atoms. The molecule has 0 aromatic carbocycles. The Balaban J connectivity index is 2.33. The van der Waals surface area contributed by atoms with Crippen molar-refractivity contribution >= 4 is 28.4 Å². The lowest BCUT2D eigenvalue weighted by Crippen LogP contribution is -2.46. The van der Waals surface area contributed by atoms with E-state index >= 15 is 0 Å². The molecule has 0 amide bonds. The highest BCUT2D eigenvalue weighted by atomic mass is 127. The Kier molecular flexibility index (Phi) is 4.45. The van der Waals surface area contributed by atoms with E-state index in [1.165, 1.54) is 0 Å². The molecule has 1 aliphatic rings. The second kappa shape index (κ2) is 5.14. The predicted octanol–water partition coefficient (Wildman–Crippen LogP) is 0.494. The van der Waals surface area contributed by atoms with Crippen molar-refractivity contribution in [3.63, 3.8) is 0 Å². The minimum Gasteiger partial charge on any atom is -0.391 e. The molecule has 0 spiro atoms. The molecular formula is C8H14INO2. The summed E-state index contributed by atoms with van der Waals surface area (Å²) in [7, 11) is 0. The van der Waals surface area contributed by atoms with Gasteiger partial charge in [0, 0.05) is 12.5 Å². The summed E-state index contributed by atoms with van der Waals surface area (Å²) in [6.07, 6.45) is 1.98. The first-order chi connectivity index (χ1) is 5.74. The Morgan fingerprint density at radius 2 is 2.42 bits per heavy atom. The average Bonchev–Trinajstić information content (AvgIpc) is 2.09. The fraction of sp³-hybridized carbons (Fsp3) is 0.875. The molecule has 0 aromatic heterocycles. The third-order valence-electron chi connectivity index (χ3n) is 2.14. The van der Waals surface area contributed by atoms with Crippen LogP contribution in [0.25, 0.3) is 0 Å². The minimum absolute atomic E-state index is 0.000941. The van der Waals surface area contributed by atoms with Crippen LogP contribution in [0, 0.1) is 0 Å². The van der Waals surface area contributed by atoms with Crippen molar-refractivity contribution in [1.29, 1.82) is 0 Å². The van der Waals surface area contributed by atoms with E-state index in [2.05, 4.69) is 27.9 Å². The van der Waals surface area contributed by atoms with Gasteiger partial charge in [0.25, 0.3) is 0 Å². The van der Waals surface area contributed by atoms with Crippen LogP contribution in [0.5, 0.6) is 0 Å². The molecule has 70 valence electrons. The van der Waals surface area contributed by atoms with Crippen molar-refractivity contribution < 1.29 is 9.90 Å². The molecule has 0 saturated carbocycles. The molecule has 0 bridgehead atoms. The normalized spacial score (nSPS) is 30.2. The smallest absolute Gasteiger partial charge is 0.144 e. The minimum atomic E-state index is -0.328. The van der Waals surface area contributed by atoms with Crippen LogP contribution in [0.4, 0.5) is 0 Å². The molecule has 1 fully saturated rings. The maximum absolute atomic E-state index is 11.1. The van der Waals surface area contributed by atoms with Crippen LogP contribution in [0.2, 0.25) is 0 Å². The van der Waals surface area contributed by atoms with E-state index in [9.17, 15) is 9.90 Å². The number of hydrogen-bond acceptors (Lipinski definition) is 3. The molecule has 0 aromatic rings. The van der Waals surface area contributed by atoms with E-state index in [0.717, 1.165) is 19.4 Å². The first-order valence-corrected chi connectivity index (χ1v) is 5.75. The van der Waals surface area contributed by atoms with E-state index in [0.29, 0.717) is 10.8 Å². The van der Waals surface area contributed by atoms with Crippen LogP contribution in [0.15, 0.2) is 0 Å². The van der Waals surface area contributed by atoms with E-state index in [1.807, 2.05) is 0 Å². The second-order valence-electron chi connectivity index (χ2n) is 3.15. The van der Waals surface area contributed by atoms with Gasteiger partial charge >= 0.3 is 0 Å². The van der Waals surface area contributed by atoms with Gasteiger partial charge in [0.2, 0.25) is 0 Å². The van der Waals surface area contributed by atoms with Crippen molar-refractivity contribution in [3.8, 4) is 0 Å². The Labute approximate surface area is 86.1 Å². The SMILES string of the molecule is O=C(CI)C[C@H]1NCCC[C@@H]1O. The van der Waals surface area contributed by atoms with Gasteiger partial charge in [-0.25, -0.2) is 0 Å². The summed E-state index contributed by atoms with van der Waals surface area (Å²) >= 11 is 2.06. The summed E-state index contributed by atoms with van der Waals surface area (Å²) in [5.41, 5.74) is 0. The second-order valence-corrected chi connectivity index (χ2v) is 3.91. The van der Waals surface area contributed by atoms with E-state index in [-0.39, 0.29) is 17.9 Å². The van der Waals surface area contributed by atoms with Crippen LogP contribution in [0.1, 0.15) is 19.3 Å². The zero-order valence-corrected chi connectivity index (χ0v) is 9.08. The van der Waals surface area contributed by atoms with Crippen LogP contribution in [-0.4, -0.2) is 34.0 Å². The first-order valence-electron chi connectivity index (χ1n) is 4.23. The lowest BCUT2D eigenvalue weighted by molar-refractivity contribution is -0.117. The number of piperidine rings is 1. The molecule has 2 atom stereocenters. The molecule has 2 N–H and O–H groups in total. The fourth-order valence-electron chi connectivity index (χ4n) is 1.44. The number of carbonyl (C=O) groups is 1. The molecule has 0 aliphatic carbocycles. The van der Waals surface area contributed by atoms with Gasteiger partial charge < -0.3 is 10.4 Å². The van der Waals surface area contributed by atoms with E-state index < -0.39 is 0 Å². The summed E-state index contributed by atoms with van der Waals surface area (Å²) in [6.45, 7) is 0.927. The van der Waals surface area contributed by atoms with Crippen molar-refractivity contribution in [2.75, 3.05) is 11.0 Å². The lowest BCUT2D eigenvalue weighted by Gasteiger charge is -2.28. The highest BCUT2D eigenvalue weighted by molar-refractivity contribution is 14.1. The number of ketones is 1. The topological polar surface area (TPSA) is 49.3 Å². The summed E-state index contributed by atoms with van der Waals surface area (Å²) in [6, 6.07) is 0.000941. The largest absolute Gasteiger partial charge is 0.391 e. The first kappa shape index (κ1) is 10.4. The zero-order valence-electron chi connectivity index (χ0n) is 6.92. The van der Waals surface area contributed by atoms with Crippen molar-refractivity contribution in [1.82, 2.24) is 5.32 Å². The quantitative estimate of drug-likeness (QED) is 0.585. The standard InChI is InChI=1S/C8H14INO2/c9-5-6(11)4-7-8(12)2-1-3-10-7/h7-8,10,12H,1-5H2/t7-,8+/m1/s1. The van der Waals surface area contributed by atoms with Crippen molar-refractivity contribution in [3.05, 3.63) is 0 Å². The van der Waals surface area contributed by atoms with Gasteiger partial charge in [-0.15, -0.1) is 0 Å². The Morgan fingerprint density at radius 3 is 3.00 bits per heavy atom. The van der Waals surface area contributed by atoms with Gasteiger partial charge in [0.05, 0.1) is 10.5 Å². The van der Waals surface area contributed by atoms with E-state index in [4.69, 9.17) is 0 Å². The number of alkyl halides is 1. The number of carbonyl (C=O) groups excluding carboxylic acids is 1. The molecule has 1 heterocycles. The lowest BCUT2D eigenvalue weighted by atomic mass is 9.97. The predicted molar refractivity (Wildman–Crippen MR) is 55.5 cm³/mol. The van der Waals surface area contributed by atoms with Gasteiger partial charge in [0.1, 0.15) is 5.78 Å². The fourth-order valence-corrected chi connectivity index (χ4v) is 1.76. The number of Topliss-reactive ketones (excluding diaryl/α,β-unsaturated/α-hetero) is 1. The Morgan fingerprint density at radius 1 is 1.67 bits per heavy atom. The van der Waals surface area contributed by atoms with Crippen molar-refractivity contribution in [2.45, 2.75) is 31.4 Å². The van der Waals surface area contributed by atoms with Gasteiger partial charge in [-0.3, -0.25) is 4.79 Å². The third-order valence-corrected chi connectivity index (χ3v) is 3.00.